The highest BCUT2D eigenvalue weighted by Gasteiger charge is 2.31. The number of carbonyl (C=O) groups excluding carboxylic acids is 1. The summed E-state index contributed by atoms with van der Waals surface area (Å²) in [4.78, 5) is 11.8. The van der Waals surface area contributed by atoms with Crippen LogP contribution in [0.15, 0.2) is 20.9 Å². The number of nitrogens with zero attached hydrogens (tertiary/aromatic N) is 2. The summed E-state index contributed by atoms with van der Waals surface area (Å²) in [5.74, 6) is -0.866. The summed E-state index contributed by atoms with van der Waals surface area (Å²) < 4.78 is 34.3. The van der Waals surface area contributed by atoms with Gasteiger partial charge in [0.15, 0.2) is 0 Å². The van der Waals surface area contributed by atoms with Gasteiger partial charge in [-0.15, -0.1) is 11.3 Å². The number of nitrogens with two attached hydrogens (primary N) is 1. The number of primary amides is 1. The third kappa shape index (κ3) is 3.94. The number of benzene rings is 1. The van der Waals surface area contributed by atoms with Crippen LogP contribution < -0.4 is 10.5 Å². The van der Waals surface area contributed by atoms with Crippen molar-refractivity contribution in [3.05, 3.63) is 49.8 Å². The van der Waals surface area contributed by atoms with E-state index in [9.17, 15) is 18.5 Å². The molecule has 0 radical (unpaired) electrons. The maximum absolute atomic E-state index is 13.4. The molecule has 0 aliphatic carbocycles. The first-order chi connectivity index (χ1) is 14.5. The molecule has 0 fully saturated rings. The predicted molar refractivity (Wildman–Crippen MR) is 119 cm³/mol. The molecule has 0 aliphatic heterocycles. The van der Waals surface area contributed by atoms with Crippen LogP contribution in [-0.4, -0.2) is 19.5 Å². The number of carbonyl (C=O) groups is 1. The molecule has 0 aliphatic rings. The van der Waals surface area contributed by atoms with Crippen molar-refractivity contribution in [1.29, 1.82) is 5.26 Å². The monoisotopic (exact) mass is 458 g/mol. The number of hydrogen-bond donors (Lipinski definition) is 2. The van der Waals surface area contributed by atoms with Crippen molar-refractivity contribution in [2.24, 2.45) is 5.73 Å². The summed E-state index contributed by atoms with van der Waals surface area (Å²) in [6.45, 7) is 8.98. The standard InChI is InChI=1S/C21H22N4O4S2/c1-10-8-11(2)17(13(4)15(10)6-7-22)16-9-30-18(20(23)26)19(16)31(27,28)25-21-12(3)14(5)24-29-21/h8-9,25H,6H2,1-5H3,(H2,23,26). The van der Waals surface area contributed by atoms with E-state index in [1.165, 1.54) is 0 Å². The fraction of sp³-hybridized carbons (Fsp3) is 0.286. The Morgan fingerprint density at radius 2 is 1.90 bits per heavy atom. The zero-order chi connectivity index (χ0) is 23.1. The molecule has 0 bridgehead atoms. The molecule has 8 nitrogen and oxygen atoms in total. The Labute approximate surface area is 184 Å². The van der Waals surface area contributed by atoms with Crippen molar-refractivity contribution < 1.29 is 17.7 Å². The Kier molecular flexibility index (Phi) is 5.93. The average Bonchev–Trinajstić information content (AvgIpc) is 3.25. The maximum atomic E-state index is 13.4. The number of sulfonamides is 1. The lowest BCUT2D eigenvalue weighted by Gasteiger charge is -2.17. The molecule has 0 unspecified atom stereocenters. The Balaban J connectivity index is 2.29. The molecule has 3 rings (SSSR count). The van der Waals surface area contributed by atoms with Crippen LogP contribution in [-0.2, 0) is 16.4 Å². The molecule has 162 valence electrons. The molecule has 31 heavy (non-hydrogen) atoms. The van der Waals surface area contributed by atoms with Crippen molar-refractivity contribution in [3.8, 4) is 17.2 Å². The summed E-state index contributed by atoms with van der Waals surface area (Å²) in [6.07, 6.45) is 0.189. The molecule has 0 saturated heterocycles. The van der Waals surface area contributed by atoms with Gasteiger partial charge in [0, 0.05) is 16.5 Å². The minimum atomic E-state index is -4.24. The predicted octanol–water partition coefficient (Wildman–Crippen LogP) is 3.91. The van der Waals surface area contributed by atoms with Gasteiger partial charge in [0.25, 0.3) is 15.9 Å². The van der Waals surface area contributed by atoms with Gasteiger partial charge < -0.3 is 10.3 Å². The molecule has 10 heteroatoms. The van der Waals surface area contributed by atoms with Crippen LogP contribution >= 0.6 is 11.3 Å². The largest absolute Gasteiger partial charge is 0.365 e. The molecular weight excluding hydrogens is 436 g/mol. The lowest BCUT2D eigenvalue weighted by molar-refractivity contribution is 0.100. The molecule has 0 atom stereocenters. The molecule has 3 N–H and O–H groups in total. The van der Waals surface area contributed by atoms with Gasteiger partial charge in [-0.1, -0.05) is 11.2 Å². The molecule has 0 saturated carbocycles. The third-order valence-electron chi connectivity index (χ3n) is 5.28. The van der Waals surface area contributed by atoms with Gasteiger partial charge in [-0.25, -0.2) is 13.1 Å². The van der Waals surface area contributed by atoms with Crippen LogP contribution in [0.1, 0.15) is 43.2 Å². The van der Waals surface area contributed by atoms with E-state index in [0.717, 1.165) is 33.6 Å². The van der Waals surface area contributed by atoms with E-state index < -0.39 is 15.9 Å². The zero-order valence-corrected chi connectivity index (χ0v) is 19.4. The summed E-state index contributed by atoms with van der Waals surface area (Å²) in [7, 11) is -4.24. The fourth-order valence-corrected chi connectivity index (χ4v) is 6.32. The minimum absolute atomic E-state index is 0.0208. The second-order valence-electron chi connectivity index (χ2n) is 7.32. The van der Waals surface area contributed by atoms with Crippen molar-refractivity contribution >= 4 is 33.2 Å². The van der Waals surface area contributed by atoms with Crippen molar-refractivity contribution in [3.63, 3.8) is 0 Å². The molecule has 3 aromatic rings. The Bertz CT molecular complexity index is 1340. The maximum Gasteiger partial charge on any atom is 0.266 e. The molecule has 2 aromatic heterocycles. The number of nitrogens with one attached hydrogen (secondary N) is 1. The highest BCUT2D eigenvalue weighted by atomic mass is 32.2. The highest BCUT2D eigenvalue weighted by Crippen LogP contribution is 2.41. The Hall–Kier alpha value is -3.16. The smallest absolute Gasteiger partial charge is 0.266 e. The van der Waals surface area contributed by atoms with Crippen LogP contribution in [0.3, 0.4) is 0 Å². The number of aromatic nitrogens is 1. The number of anilines is 1. The van der Waals surface area contributed by atoms with E-state index in [-0.39, 0.29) is 22.1 Å². The Morgan fingerprint density at radius 1 is 1.23 bits per heavy atom. The number of aryl methyl sites for hydroxylation is 3. The summed E-state index contributed by atoms with van der Waals surface area (Å²) in [5, 5.41) is 14.6. The summed E-state index contributed by atoms with van der Waals surface area (Å²) in [5.41, 5.74) is 11.0. The van der Waals surface area contributed by atoms with Crippen molar-refractivity contribution in [1.82, 2.24) is 5.16 Å². The van der Waals surface area contributed by atoms with E-state index in [1.54, 1.807) is 19.2 Å². The quantitative estimate of drug-likeness (QED) is 0.574. The van der Waals surface area contributed by atoms with Gasteiger partial charge in [0.05, 0.1) is 18.2 Å². The van der Waals surface area contributed by atoms with E-state index >= 15 is 0 Å². The van der Waals surface area contributed by atoms with E-state index in [2.05, 4.69) is 15.9 Å². The van der Waals surface area contributed by atoms with Gasteiger partial charge in [0.2, 0.25) is 5.88 Å². The van der Waals surface area contributed by atoms with E-state index in [4.69, 9.17) is 10.3 Å². The van der Waals surface area contributed by atoms with Crippen molar-refractivity contribution in [2.45, 2.75) is 45.9 Å². The highest BCUT2D eigenvalue weighted by molar-refractivity contribution is 7.93. The average molecular weight is 459 g/mol. The zero-order valence-electron chi connectivity index (χ0n) is 17.8. The number of hydrogen-bond acceptors (Lipinski definition) is 7. The number of amides is 1. The van der Waals surface area contributed by atoms with Crippen LogP contribution in [0.5, 0.6) is 0 Å². The second-order valence-corrected chi connectivity index (χ2v) is 9.82. The first-order valence-corrected chi connectivity index (χ1v) is 11.7. The lowest BCUT2D eigenvalue weighted by atomic mass is 9.89. The lowest BCUT2D eigenvalue weighted by Crippen LogP contribution is -2.19. The first-order valence-electron chi connectivity index (χ1n) is 9.33. The van der Waals surface area contributed by atoms with Crippen LogP contribution in [0, 0.1) is 45.9 Å². The van der Waals surface area contributed by atoms with Crippen molar-refractivity contribution in [2.75, 3.05) is 4.72 Å². The van der Waals surface area contributed by atoms with Crippen LogP contribution in [0.2, 0.25) is 0 Å². The van der Waals surface area contributed by atoms with Gasteiger partial charge >= 0.3 is 0 Å². The van der Waals surface area contributed by atoms with Gasteiger partial charge in [-0.05, 0) is 62.4 Å². The van der Waals surface area contributed by atoms with Gasteiger partial charge in [-0.3, -0.25) is 4.79 Å². The molecule has 1 amide bonds. The Morgan fingerprint density at radius 3 is 2.45 bits per heavy atom. The van der Waals surface area contributed by atoms with E-state index in [1.807, 2.05) is 26.8 Å². The third-order valence-corrected chi connectivity index (χ3v) is 7.82. The minimum Gasteiger partial charge on any atom is -0.365 e. The molecule has 1 aromatic carbocycles. The van der Waals surface area contributed by atoms with Gasteiger partial charge in [0.1, 0.15) is 9.77 Å². The summed E-state index contributed by atoms with van der Waals surface area (Å²) >= 11 is 0.962. The number of thiophene rings is 1. The number of rotatable bonds is 6. The SMILES string of the molecule is Cc1cc(C)c(-c2csc(C(N)=O)c2S(=O)(=O)Nc2onc(C)c2C)c(C)c1CC#N. The molecule has 2 heterocycles. The summed E-state index contributed by atoms with van der Waals surface area (Å²) in [6, 6.07) is 4.06. The molecule has 0 spiro atoms. The number of nitriles is 1. The first kappa shape index (κ1) is 22.5. The van der Waals surface area contributed by atoms with Crippen LogP contribution in [0.4, 0.5) is 5.88 Å². The van der Waals surface area contributed by atoms with Gasteiger partial charge in [-0.2, -0.15) is 5.26 Å². The van der Waals surface area contributed by atoms with Crippen LogP contribution in [0.25, 0.3) is 11.1 Å². The topological polar surface area (TPSA) is 139 Å². The normalized spacial score (nSPS) is 11.4. The molecular formula is C21H22N4O4S2. The fourth-order valence-electron chi connectivity index (χ4n) is 3.63. The van der Waals surface area contributed by atoms with E-state index in [0.29, 0.717) is 22.4 Å². The second kappa shape index (κ2) is 8.17.